The van der Waals surface area contributed by atoms with Crippen LogP contribution in [0, 0.1) is 13.8 Å². The maximum atomic E-state index is 10.9. The average Bonchev–Trinajstić information content (AvgIpc) is 2.55. The van der Waals surface area contributed by atoms with Crippen molar-refractivity contribution in [2.45, 2.75) is 32.7 Å². The monoisotopic (exact) mass is 212 g/mol. The van der Waals surface area contributed by atoms with Gasteiger partial charge in [0.1, 0.15) is 5.76 Å². The topological polar surface area (TPSA) is 78.4 Å². The van der Waals surface area contributed by atoms with Crippen LogP contribution in [-0.2, 0) is 9.53 Å². The fraction of sp³-hybridized carbons (Fsp3) is 0.600. The number of aromatic nitrogens is 1. The Hall–Kier alpha value is -1.36. The number of oxazole rings is 1. The van der Waals surface area contributed by atoms with E-state index in [1.54, 1.807) is 0 Å². The van der Waals surface area contributed by atoms with E-state index in [4.69, 9.17) is 10.2 Å². The highest BCUT2D eigenvalue weighted by atomic mass is 16.5. The molecule has 1 rings (SSSR count). The first kappa shape index (κ1) is 11.7. The van der Waals surface area contributed by atoms with E-state index in [1.165, 1.54) is 7.11 Å². The van der Waals surface area contributed by atoms with Crippen LogP contribution >= 0.6 is 0 Å². The summed E-state index contributed by atoms with van der Waals surface area (Å²) >= 11 is 0. The van der Waals surface area contributed by atoms with E-state index < -0.39 is 0 Å². The summed E-state index contributed by atoms with van der Waals surface area (Å²) in [7, 11) is 1.35. The standard InChI is InChI=1S/C10H16N2O3/c1-6-7(2)15-10(12-6)8(11)4-5-9(13)14-3/h8H,4-5,11H2,1-3H3. The summed E-state index contributed by atoms with van der Waals surface area (Å²) in [5.41, 5.74) is 6.65. The molecule has 1 unspecified atom stereocenters. The molecule has 1 aromatic heterocycles. The number of carbonyl (C=O) groups excluding carboxylic acids is 1. The van der Waals surface area contributed by atoms with Gasteiger partial charge in [0.05, 0.1) is 18.8 Å². The average molecular weight is 212 g/mol. The third kappa shape index (κ3) is 3.06. The zero-order valence-electron chi connectivity index (χ0n) is 9.24. The number of ether oxygens (including phenoxy) is 1. The number of esters is 1. The molecule has 1 aromatic rings. The quantitative estimate of drug-likeness (QED) is 0.760. The van der Waals surface area contributed by atoms with Crippen molar-refractivity contribution >= 4 is 5.97 Å². The fourth-order valence-corrected chi connectivity index (χ4v) is 1.16. The highest BCUT2D eigenvalue weighted by molar-refractivity contribution is 5.69. The Kier molecular flexibility index (Phi) is 3.85. The molecule has 0 aromatic carbocycles. The minimum absolute atomic E-state index is 0.273. The molecule has 1 atom stereocenters. The Bertz CT molecular complexity index is 327. The van der Waals surface area contributed by atoms with Crippen molar-refractivity contribution in [1.82, 2.24) is 4.98 Å². The van der Waals surface area contributed by atoms with Crippen molar-refractivity contribution in [3.8, 4) is 0 Å². The molecular weight excluding hydrogens is 196 g/mol. The Labute approximate surface area is 88.6 Å². The van der Waals surface area contributed by atoms with Gasteiger partial charge in [0.15, 0.2) is 0 Å². The molecule has 1 heterocycles. The number of nitrogens with two attached hydrogens (primary N) is 1. The highest BCUT2D eigenvalue weighted by Gasteiger charge is 2.15. The third-order valence-electron chi connectivity index (χ3n) is 2.25. The molecule has 0 spiro atoms. The number of hydrogen-bond donors (Lipinski definition) is 1. The van der Waals surface area contributed by atoms with Gasteiger partial charge in [-0.3, -0.25) is 4.79 Å². The van der Waals surface area contributed by atoms with E-state index in [2.05, 4.69) is 9.72 Å². The van der Waals surface area contributed by atoms with Crippen molar-refractivity contribution < 1.29 is 13.9 Å². The molecule has 2 N–H and O–H groups in total. The van der Waals surface area contributed by atoms with Crippen LogP contribution in [0.5, 0.6) is 0 Å². The summed E-state index contributed by atoms with van der Waals surface area (Å²) in [6.45, 7) is 3.69. The van der Waals surface area contributed by atoms with E-state index in [-0.39, 0.29) is 18.4 Å². The number of hydrogen-bond acceptors (Lipinski definition) is 5. The van der Waals surface area contributed by atoms with E-state index in [0.717, 1.165) is 11.5 Å². The first-order chi connectivity index (χ1) is 7.04. The van der Waals surface area contributed by atoms with Crippen molar-refractivity contribution in [3.05, 3.63) is 17.3 Å². The van der Waals surface area contributed by atoms with E-state index in [1.807, 2.05) is 13.8 Å². The normalized spacial score (nSPS) is 12.5. The molecule has 0 saturated carbocycles. The molecule has 15 heavy (non-hydrogen) atoms. The van der Waals surface area contributed by atoms with Gasteiger partial charge < -0.3 is 14.9 Å². The molecular formula is C10H16N2O3. The molecule has 5 heteroatoms. The summed E-state index contributed by atoms with van der Waals surface area (Å²) in [4.78, 5) is 15.1. The van der Waals surface area contributed by atoms with Crippen molar-refractivity contribution in [3.63, 3.8) is 0 Å². The summed E-state index contributed by atoms with van der Waals surface area (Å²) in [6.07, 6.45) is 0.754. The molecule has 0 aliphatic heterocycles. The van der Waals surface area contributed by atoms with Crippen molar-refractivity contribution in [2.24, 2.45) is 5.73 Å². The van der Waals surface area contributed by atoms with Gasteiger partial charge in [-0.25, -0.2) is 4.98 Å². The van der Waals surface area contributed by atoms with Gasteiger partial charge in [0.2, 0.25) is 5.89 Å². The molecule has 0 amide bonds. The van der Waals surface area contributed by atoms with Crippen LogP contribution in [0.15, 0.2) is 4.42 Å². The number of nitrogens with zero attached hydrogens (tertiary/aromatic N) is 1. The number of aryl methyl sites for hydroxylation is 2. The second-order valence-electron chi connectivity index (χ2n) is 3.42. The molecule has 0 radical (unpaired) electrons. The molecule has 0 saturated heterocycles. The predicted molar refractivity (Wildman–Crippen MR) is 54.2 cm³/mol. The molecule has 0 aliphatic carbocycles. The smallest absolute Gasteiger partial charge is 0.305 e. The Morgan fingerprint density at radius 2 is 2.27 bits per heavy atom. The number of carbonyl (C=O) groups is 1. The number of methoxy groups -OCH3 is 1. The van der Waals surface area contributed by atoms with Gasteiger partial charge in [0.25, 0.3) is 0 Å². The van der Waals surface area contributed by atoms with Gasteiger partial charge in [-0.05, 0) is 20.3 Å². The summed E-state index contributed by atoms with van der Waals surface area (Å²) in [5, 5.41) is 0. The predicted octanol–water partition coefficient (Wildman–Crippen LogP) is 1.24. The first-order valence-electron chi connectivity index (χ1n) is 4.81. The van der Waals surface area contributed by atoms with E-state index >= 15 is 0 Å². The second kappa shape index (κ2) is 4.93. The fourth-order valence-electron chi connectivity index (χ4n) is 1.16. The SMILES string of the molecule is COC(=O)CCC(N)c1nc(C)c(C)o1. The Balaban J connectivity index is 2.53. The highest BCUT2D eigenvalue weighted by Crippen LogP contribution is 2.18. The lowest BCUT2D eigenvalue weighted by atomic mass is 10.2. The largest absolute Gasteiger partial charge is 0.469 e. The maximum absolute atomic E-state index is 10.9. The summed E-state index contributed by atoms with van der Waals surface area (Å²) in [6, 6.07) is -0.350. The van der Waals surface area contributed by atoms with E-state index in [9.17, 15) is 4.79 Å². The zero-order chi connectivity index (χ0) is 11.4. The number of rotatable bonds is 4. The lowest BCUT2D eigenvalue weighted by Gasteiger charge is -2.05. The summed E-state index contributed by atoms with van der Waals surface area (Å²) in [5.74, 6) is 0.970. The van der Waals surface area contributed by atoms with Crippen molar-refractivity contribution in [1.29, 1.82) is 0 Å². The minimum Gasteiger partial charge on any atom is -0.469 e. The zero-order valence-corrected chi connectivity index (χ0v) is 9.24. The Morgan fingerprint density at radius 1 is 1.60 bits per heavy atom. The van der Waals surface area contributed by atoms with Gasteiger partial charge in [-0.1, -0.05) is 0 Å². The van der Waals surface area contributed by atoms with Crippen LogP contribution in [0.4, 0.5) is 0 Å². The maximum Gasteiger partial charge on any atom is 0.305 e. The van der Waals surface area contributed by atoms with Crippen LogP contribution in [0.1, 0.15) is 36.2 Å². The van der Waals surface area contributed by atoms with Gasteiger partial charge in [-0.15, -0.1) is 0 Å². The lowest BCUT2D eigenvalue weighted by molar-refractivity contribution is -0.140. The van der Waals surface area contributed by atoms with Crippen LogP contribution in [0.2, 0.25) is 0 Å². The van der Waals surface area contributed by atoms with Gasteiger partial charge >= 0.3 is 5.97 Å². The van der Waals surface area contributed by atoms with E-state index in [0.29, 0.717) is 12.3 Å². The van der Waals surface area contributed by atoms with Crippen molar-refractivity contribution in [2.75, 3.05) is 7.11 Å². The molecule has 84 valence electrons. The second-order valence-corrected chi connectivity index (χ2v) is 3.42. The molecule has 5 nitrogen and oxygen atoms in total. The van der Waals surface area contributed by atoms with Gasteiger partial charge in [0, 0.05) is 6.42 Å². The first-order valence-corrected chi connectivity index (χ1v) is 4.81. The minimum atomic E-state index is -0.350. The third-order valence-corrected chi connectivity index (χ3v) is 2.25. The van der Waals surface area contributed by atoms with Gasteiger partial charge in [-0.2, -0.15) is 0 Å². The Morgan fingerprint density at radius 3 is 2.73 bits per heavy atom. The van der Waals surface area contributed by atoms with Crippen LogP contribution in [0.3, 0.4) is 0 Å². The van der Waals surface area contributed by atoms with Crippen LogP contribution in [-0.4, -0.2) is 18.1 Å². The molecule has 0 aliphatic rings. The van der Waals surface area contributed by atoms with Crippen LogP contribution in [0.25, 0.3) is 0 Å². The molecule has 0 bridgehead atoms. The lowest BCUT2D eigenvalue weighted by Crippen LogP contribution is -2.13. The van der Waals surface area contributed by atoms with Crippen LogP contribution < -0.4 is 5.73 Å². The molecule has 0 fully saturated rings. The summed E-state index contributed by atoms with van der Waals surface area (Å²) < 4.78 is 9.87.